The number of hydrogen-bond donors (Lipinski definition) is 0. The Balaban J connectivity index is 2.19. The van der Waals surface area contributed by atoms with Gasteiger partial charge in [0.25, 0.3) is 5.56 Å². The van der Waals surface area contributed by atoms with Crippen molar-refractivity contribution in [2.24, 2.45) is 0 Å². The van der Waals surface area contributed by atoms with Gasteiger partial charge in [-0.05, 0) is 31.5 Å². The number of aromatic nitrogens is 2. The highest BCUT2D eigenvalue weighted by Gasteiger charge is 2.32. The molecule has 0 N–H and O–H groups in total. The number of nitrogens with zero attached hydrogens (tertiary/aromatic N) is 2. The third-order valence-corrected chi connectivity index (χ3v) is 3.68. The van der Waals surface area contributed by atoms with Crippen molar-refractivity contribution in [2.75, 3.05) is 6.61 Å². The van der Waals surface area contributed by atoms with Crippen LogP contribution in [0, 0.1) is 0 Å². The molecule has 0 radical (unpaired) electrons. The first-order valence-corrected chi connectivity index (χ1v) is 6.87. The number of carbonyl (C=O) groups excluding carboxylic acids is 1. The van der Waals surface area contributed by atoms with Crippen LogP contribution in [0.4, 0.5) is 0 Å². The fourth-order valence-corrected chi connectivity index (χ4v) is 2.74. The van der Waals surface area contributed by atoms with Crippen LogP contribution in [-0.4, -0.2) is 22.1 Å². The van der Waals surface area contributed by atoms with Crippen molar-refractivity contribution in [1.82, 2.24) is 9.55 Å². The summed E-state index contributed by atoms with van der Waals surface area (Å²) in [5.74, 6) is 0.249. The van der Waals surface area contributed by atoms with Crippen molar-refractivity contribution >= 4 is 28.5 Å². The maximum absolute atomic E-state index is 12.5. The number of esters is 1. The number of rotatable bonds is 2. The molecular weight excluding hydrogens is 280 g/mol. The number of hydrogen-bond acceptors (Lipinski definition) is 4. The van der Waals surface area contributed by atoms with Gasteiger partial charge < -0.3 is 4.74 Å². The molecule has 0 spiro atoms. The normalized spacial score (nSPS) is 17.2. The van der Waals surface area contributed by atoms with Crippen LogP contribution in [0.2, 0.25) is 5.02 Å². The molecule has 1 aliphatic heterocycles. The molecule has 6 heteroatoms. The first-order chi connectivity index (χ1) is 9.61. The van der Waals surface area contributed by atoms with Gasteiger partial charge in [-0.1, -0.05) is 11.6 Å². The Morgan fingerprint density at radius 3 is 3.10 bits per heavy atom. The standard InChI is InChI=1S/C14H13ClN2O3/c1-2-20-14(19)11-5-6-12-16-10-4-3-8(15)7-9(10)13(18)17(11)12/h3-4,7,11H,2,5-6H2,1H3/t11-/m0/s1. The summed E-state index contributed by atoms with van der Waals surface area (Å²) in [5, 5.41) is 0.903. The van der Waals surface area contributed by atoms with E-state index in [9.17, 15) is 9.59 Å². The summed E-state index contributed by atoms with van der Waals surface area (Å²) in [5.41, 5.74) is 0.373. The van der Waals surface area contributed by atoms with E-state index < -0.39 is 6.04 Å². The molecule has 0 amide bonds. The van der Waals surface area contributed by atoms with E-state index in [1.807, 2.05) is 0 Å². The minimum Gasteiger partial charge on any atom is -0.464 e. The quantitative estimate of drug-likeness (QED) is 0.795. The second-order valence-electron chi connectivity index (χ2n) is 4.67. The predicted octanol–water partition coefficient (Wildman–Crippen LogP) is 2.10. The van der Waals surface area contributed by atoms with Gasteiger partial charge in [0, 0.05) is 11.4 Å². The Bertz CT molecular complexity index is 754. The van der Waals surface area contributed by atoms with Crippen LogP contribution in [0.3, 0.4) is 0 Å². The van der Waals surface area contributed by atoms with Crippen LogP contribution in [0.15, 0.2) is 23.0 Å². The van der Waals surface area contributed by atoms with Gasteiger partial charge >= 0.3 is 5.97 Å². The molecule has 20 heavy (non-hydrogen) atoms. The molecule has 5 nitrogen and oxygen atoms in total. The first-order valence-electron chi connectivity index (χ1n) is 6.49. The van der Waals surface area contributed by atoms with E-state index in [0.717, 1.165) is 0 Å². The van der Waals surface area contributed by atoms with Crippen LogP contribution in [0.1, 0.15) is 25.2 Å². The van der Waals surface area contributed by atoms with E-state index in [2.05, 4.69) is 4.98 Å². The van der Waals surface area contributed by atoms with E-state index in [1.54, 1.807) is 25.1 Å². The molecule has 0 unspecified atom stereocenters. The number of ether oxygens (including phenoxy) is 1. The molecule has 0 saturated carbocycles. The molecule has 1 aromatic carbocycles. The zero-order valence-corrected chi connectivity index (χ0v) is 11.7. The first kappa shape index (κ1) is 13.1. The Morgan fingerprint density at radius 2 is 2.35 bits per heavy atom. The second kappa shape index (κ2) is 4.90. The van der Waals surface area contributed by atoms with Crippen molar-refractivity contribution in [3.63, 3.8) is 0 Å². The van der Waals surface area contributed by atoms with E-state index in [1.165, 1.54) is 4.57 Å². The molecule has 104 valence electrons. The lowest BCUT2D eigenvalue weighted by molar-refractivity contribution is -0.147. The lowest BCUT2D eigenvalue weighted by Crippen LogP contribution is -2.29. The van der Waals surface area contributed by atoms with Crippen LogP contribution < -0.4 is 5.56 Å². The lowest BCUT2D eigenvalue weighted by Gasteiger charge is -2.13. The Hall–Kier alpha value is -1.88. The third kappa shape index (κ3) is 1.98. The zero-order chi connectivity index (χ0) is 14.3. The summed E-state index contributed by atoms with van der Waals surface area (Å²) in [6, 6.07) is 4.43. The topological polar surface area (TPSA) is 61.2 Å². The van der Waals surface area contributed by atoms with Gasteiger partial charge in [0.15, 0.2) is 0 Å². The molecule has 1 atom stereocenters. The van der Waals surface area contributed by atoms with Crippen LogP contribution in [-0.2, 0) is 16.0 Å². The van der Waals surface area contributed by atoms with E-state index in [-0.39, 0.29) is 11.5 Å². The molecule has 1 aromatic heterocycles. The lowest BCUT2D eigenvalue weighted by atomic mass is 10.2. The average molecular weight is 293 g/mol. The summed E-state index contributed by atoms with van der Waals surface area (Å²) >= 11 is 5.92. The van der Waals surface area contributed by atoms with Gasteiger partial charge in [-0.2, -0.15) is 0 Å². The largest absolute Gasteiger partial charge is 0.464 e. The number of fused-ring (bicyclic) bond motifs is 2. The molecule has 0 fully saturated rings. The summed E-state index contributed by atoms with van der Waals surface area (Å²) in [6.45, 7) is 2.04. The van der Waals surface area contributed by atoms with Crippen molar-refractivity contribution in [1.29, 1.82) is 0 Å². The highest BCUT2D eigenvalue weighted by Crippen LogP contribution is 2.26. The van der Waals surface area contributed by atoms with Crippen LogP contribution in [0.25, 0.3) is 10.9 Å². The monoisotopic (exact) mass is 292 g/mol. The zero-order valence-electron chi connectivity index (χ0n) is 10.9. The highest BCUT2D eigenvalue weighted by atomic mass is 35.5. The van der Waals surface area contributed by atoms with Gasteiger partial charge in [-0.3, -0.25) is 9.36 Å². The SMILES string of the molecule is CCOC(=O)[C@@H]1CCc2nc3ccc(Cl)cc3c(=O)n21. The summed E-state index contributed by atoms with van der Waals surface area (Å²) in [7, 11) is 0. The molecule has 3 rings (SSSR count). The van der Waals surface area contributed by atoms with Crippen molar-refractivity contribution < 1.29 is 9.53 Å². The van der Waals surface area contributed by atoms with E-state index in [4.69, 9.17) is 16.3 Å². The van der Waals surface area contributed by atoms with Gasteiger partial charge in [-0.15, -0.1) is 0 Å². The van der Waals surface area contributed by atoms with Crippen LogP contribution in [0.5, 0.6) is 0 Å². The second-order valence-corrected chi connectivity index (χ2v) is 5.11. The molecule has 0 saturated heterocycles. The van der Waals surface area contributed by atoms with E-state index >= 15 is 0 Å². The average Bonchev–Trinajstić information content (AvgIpc) is 2.84. The maximum Gasteiger partial charge on any atom is 0.329 e. The minimum absolute atomic E-state index is 0.233. The fourth-order valence-electron chi connectivity index (χ4n) is 2.57. The van der Waals surface area contributed by atoms with Crippen LogP contribution >= 0.6 is 11.6 Å². The number of benzene rings is 1. The third-order valence-electron chi connectivity index (χ3n) is 3.45. The molecule has 2 heterocycles. The summed E-state index contributed by atoms with van der Waals surface area (Å²) < 4.78 is 6.46. The summed E-state index contributed by atoms with van der Waals surface area (Å²) in [6.07, 6.45) is 1.14. The Morgan fingerprint density at radius 1 is 1.55 bits per heavy atom. The van der Waals surface area contributed by atoms with E-state index in [0.29, 0.717) is 41.2 Å². The highest BCUT2D eigenvalue weighted by molar-refractivity contribution is 6.31. The van der Waals surface area contributed by atoms with Gasteiger partial charge in [0.1, 0.15) is 11.9 Å². The fraction of sp³-hybridized carbons (Fsp3) is 0.357. The Labute approximate surface area is 120 Å². The van der Waals surface area contributed by atoms with Crippen molar-refractivity contribution in [2.45, 2.75) is 25.8 Å². The van der Waals surface area contributed by atoms with Gasteiger partial charge in [0.2, 0.25) is 0 Å². The molecule has 1 aliphatic rings. The van der Waals surface area contributed by atoms with Gasteiger partial charge in [-0.25, -0.2) is 9.78 Å². The van der Waals surface area contributed by atoms with Crippen molar-refractivity contribution in [3.05, 3.63) is 39.4 Å². The van der Waals surface area contributed by atoms with Crippen molar-refractivity contribution in [3.8, 4) is 0 Å². The number of halogens is 1. The maximum atomic E-state index is 12.5. The summed E-state index contributed by atoms with van der Waals surface area (Å²) in [4.78, 5) is 28.9. The minimum atomic E-state index is -0.576. The van der Waals surface area contributed by atoms with Gasteiger partial charge in [0.05, 0.1) is 17.5 Å². The number of carbonyl (C=O) groups is 1. The molecule has 0 bridgehead atoms. The molecular formula is C14H13ClN2O3. The molecule has 2 aromatic rings. The smallest absolute Gasteiger partial charge is 0.329 e. The number of aryl methyl sites for hydroxylation is 1. The Kier molecular flexibility index (Phi) is 3.22. The molecule has 0 aliphatic carbocycles. The predicted molar refractivity (Wildman–Crippen MR) is 75.0 cm³/mol.